The van der Waals surface area contributed by atoms with Crippen molar-refractivity contribution in [2.45, 2.75) is 33.6 Å². The molecule has 1 heterocycles. The Kier molecular flexibility index (Phi) is 3.82. The lowest BCUT2D eigenvalue weighted by Gasteiger charge is -2.10. The highest BCUT2D eigenvalue weighted by atomic mass is 15.3. The lowest BCUT2D eigenvalue weighted by Crippen LogP contribution is -2.06. The summed E-state index contributed by atoms with van der Waals surface area (Å²) in [4.78, 5) is 0. The van der Waals surface area contributed by atoms with Crippen LogP contribution < -0.4 is 5.73 Å². The van der Waals surface area contributed by atoms with Gasteiger partial charge < -0.3 is 5.73 Å². The van der Waals surface area contributed by atoms with Gasteiger partial charge in [0.1, 0.15) is 0 Å². The summed E-state index contributed by atoms with van der Waals surface area (Å²) in [5.74, 6) is 0. The molecule has 0 radical (unpaired) electrons. The zero-order chi connectivity index (χ0) is 13.1. The second-order valence-corrected chi connectivity index (χ2v) is 4.58. The van der Waals surface area contributed by atoms with Crippen LogP contribution in [0.3, 0.4) is 0 Å². The summed E-state index contributed by atoms with van der Waals surface area (Å²) in [5.41, 5.74) is 11.7. The highest BCUT2D eigenvalue weighted by Crippen LogP contribution is 2.21. The van der Waals surface area contributed by atoms with Gasteiger partial charge in [0, 0.05) is 5.69 Å². The van der Waals surface area contributed by atoms with E-state index in [9.17, 15) is 0 Å². The fraction of sp³-hybridized carbons (Fsp3) is 0.400. The van der Waals surface area contributed by atoms with Crippen LogP contribution in [0.1, 0.15) is 29.4 Å². The van der Waals surface area contributed by atoms with Crippen molar-refractivity contribution in [3.05, 3.63) is 46.8 Å². The molecule has 2 aromatic rings. The molecule has 0 aliphatic heterocycles. The standard InChI is InChI=1S/C15H21N3/c1-4-13-7-5-6-8-15(13)18-12(3)14(9-10-16)11(2)17-18/h5-8H,4,9-10,16H2,1-3H3. The summed E-state index contributed by atoms with van der Waals surface area (Å²) >= 11 is 0. The van der Waals surface area contributed by atoms with E-state index >= 15 is 0 Å². The maximum atomic E-state index is 5.67. The van der Waals surface area contributed by atoms with Gasteiger partial charge in [0.25, 0.3) is 0 Å². The van der Waals surface area contributed by atoms with Crippen LogP contribution in [0, 0.1) is 13.8 Å². The maximum absolute atomic E-state index is 5.67. The van der Waals surface area contributed by atoms with Crippen molar-refractivity contribution in [3.63, 3.8) is 0 Å². The molecule has 0 bridgehead atoms. The van der Waals surface area contributed by atoms with E-state index in [-0.39, 0.29) is 0 Å². The highest BCUT2D eigenvalue weighted by molar-refractivity contribution is 5.43. The van der Waals surface area contributed by atoms with Crippen LogP contribution in [-0.2, 0) is 12.8 Å². The summed E-state index contributed by atoms with van der Waals surface area (Å²) in [5, 5.41) is 4.67. The van der Waals surface area contributed by atoms with Crippen LogP contribution in [0.4, 0.5) is 0 Å². The van der Waals surface area contributed by atoms with Crippen LogP contribution >= 0.6 is 0 Å². The van der Waals surface area contributed by atoms with Gasteiger partial charge >= 0.3 is 0 Å². The van der Waals surface area contributed by atoms with E-state index in [1.54, 1.807) is 0 Å². The number of hydrogen-bond acceptors (Lipinski definition) is 2. The van der Waals surface area contributed by atoms with Gasteiger partial charge in [-0.1, -0.05) is 25.1 Å². The number of aryl methyl sites for hydroxylation is 2. The van der Waals surface area contributed by atoms with E-state index in [0.29, 0.717) is 6.54 Å². The fourth-order valence-electron chi connectivity index (χ4n) is 2.43. The Hall–Kier alpha value is -1.61. The van der Waals surface area contributed by atoms with Crippen molar-refractivity contribution in [3.8, 4) is 5.69 Å². The first-order valence-corrected chi connectivity index (χ1v) is 6.52. The van der Waals surface area contributed by atoms with Gasteiger partial charge in [-0.3, -0.25) is 0 Å². The SMILES string of the molecule is CCc1ccccc1-n1nc(C)c(CCN)c1C. The lowest BCUT2D eigenvalue weighted by atomic mass is 10.1. The molecule has 1 aromatic carbocycles. The minimum Gasteiger partial charge on any atom is -0.330 e. The molecular formula is C15H21N3. The number of nitrogens with zero attached hydrogens (tertiary/aromatic N) is 2. The van der Waals surface area contributed by atoms with Crippen LogP contribution in [0.5, 0.6) is 0 Å². The van der Waals surface area contributed by atoms with Crippen molar-refractivity contribution in [1.82, 2.24) is 9.78 Å². The third-order valence-electron chi connectivity index (χ3n) is 3.44. The van der Waals surface area contributed by atoms with E-state index in [4.69, 9.17) is 5.73 Å². The summed E-state index contributed by atoms with van der Waals surface area (Å²) in [6.07, 6.45) is 1.91. The van der Waals surface area contributed by atoms with Crippen LogP contribution in [-0.4, -0.2) is 16.3 Å². The molecular weight excluding hydrogens is 222 g/mol. The number of para-hydroxylation sites is 1. The van der Waals surface area contributed by atoms with Gasteiger partial charge in [-0.2, -0.15) is 5.10 Å². The van der Waals surface area contributed by atoms with Crippen molar-refractivity contribution < 1.29 is 0 Å². The Morgan fingerprint density at radius 2 is 1.94 bits per heavy atom. The first kappa shape index (κ1) is 12.8. The molecule has 2 rings (SSSR count). The molecule has 3 nitrogen and oxygen atoms in total. The first-order valence-electron chi connectivity index (χ1n) is 6.52. The van der Waals surface area contributed by atoms with E-state index in [1.165, 1.54) is 22.5 Å². The van der Waals surface area contributed by atoms with Gasteiger partial charge in [-0.25, -0.2) is 4.68 Å². The topological polar surface area (TPSA) is 43.8 Å². The molecule has 96 valence electrons. The van der Waals surface area contributed by atoms with Crippen LogP contribution in [0.25, 0.3) is 5.69 Å². The molecule has 0 fully saturated rings. The summed E-state index contributed by atoms with van der Waals surface area (Å²) < 4.78 is 2.05. The minimum atomic E-state index is 0.669. The Balaban J connectivity index is 2.54. The fourth-order valence-corrected chi connectivity index (χ4v) is 2.43. The molecule has 0 spiro atoms. The number of benzene rings is 1. The van der Waals surface area contributed by atoms with E-state index in [2.05, 4.69) is 54.8 Å². The van der Waals surface area contributed by atoms with E-state index < -0.39 is 0 Å². The number of hydrogen-bond donors (Lipinski definition) is 1. The quantitative estimate of drug-likeness (QED) is 0.897. The average Bonchev–Trinajstić information content (AvgIpc) is 2.67. The third-order valence-corrected chi connectivity index (χ3v) is 3.44. The van der Waals surface area contributed by atoms with E-state index in [0.717, 1.165) is 18.5 Å². The molecule has 0 aliphatic carbocycles. The zero-order valence-corrected chi connectivity index (χ0v) is 11.4. The highest BCUT2D eigenvalue weighted by Gasteiger charge is 2.13. The summed E-state index contributed by atoms with van der Waals surface area (Å²) in [6.45, 7) is 7.02. The number of rotatable bonds is 4. The smallest absolute Gasteiger partial charge is 0.0680 e. The van der Waals surface area contributed by atoms with Gasteiger partial charge in [-0.05, 0) is 50.4 Å². The lowest BCUT2D eigenvalue weighted by molar-refractivity contribution is 0.819. The monoisotopic (exact) mass is 243 g/mol. The molecule has 0 amide bonds. The first-order chi connectivity index (χ1) is 8.69. The second-order valence-electron chi connectivity index (χ2n) is 4.58. The predicted octanol–water partition coefficient (Wildman–Crippen LogP) is 2.55. The number of aromatic nitrogens is 2. The number of nitrogens with two attached hydrogens (primary N) is 1. The molecule has 0 aliphatic rings. The minimum absolute atomic E-state index is 0.669. The van der Waals surface area contributed by atoms with Crippen molar-refractivity contribution in [2.24, 2.45) is 5.73 Å². The Labute approximate surface area is 109 Å². The van der Waals surface area contributed by atoms with Gasteiger partial charge in [0.2, 0.25) is 0 Å². The molecule has 2 N–H and O–H groups in total. The molecule has 0 atom stereocenters. The Morgan fingerprint density at radius 1 is 1.22 bits per heavy atom. The van der Waals surface area contributed by atoms with E-state index in [1.807, 2.05) is 0 Å². The molecule has 3 heteroatoms. The molecule has 0 saturated heterocycles. The zero-order valence-electron chi connectivity index (χ0n) is 11.4. The van der Waals surface area contributed by atoms with Crippen LogP contribution in [0.15, 0.2) is 24.3 Å². The van der Waals surface area contributed by atoms with Gasteiger partial charge in [0.15, 0.2) is 0 Å². The predicted molar refractivity (Wildman–Crippen MR) is 75.2 cm³/mol. The van der Waals surface area contributed by atoms with Gasteiger partial charge in [0.05, 0.1) is 11.4 Å². The summed E-state index contributed by atoms with van der Waals surface area (Å²) in [6, 6.07) is 8.43. The third kappa shape index (κ3) is 2.18. The molecule has 0 saturated carbocycles. The molecule has 1 aromatic heterocycles. The maximum Gasteiger partial charge on any atom is 0.0680 e. The molecule has 18 heavy (non-hydrogen) atoms. The van der Waals surface area contributed by atoms with Crippen molar-refractivity contribution in [1.29, 1.82) is 0 Å². The summed E-state index contributed by atoms with van der Waals surface area (Å²) in [7, 11) is 0. The largest absolute Gasteiger partial charge is 0.330 e. The van der Waals surface area contributed by atoms with Crippen LogP contribution in [0.2, 0.25) is 0 Å². The second kappa shape index (κ2) is 5.36. The molecule has 0 unspecified atom stereocenters. The van der Waals surface area contributed by atoms with Crippen molar-refractivity contribution in [2.75, 3.05) is 6.54 Å². The van der Waals surface area contributed by atoms with Gasteiger partial charge in [-0.15, -0.1) is 0 Å². The normalized spacial score (nSPS) is 10.9. The average molecular weight is 243 g/mol. The Morgan fingerprint density at radius 3 is 2.61 bits per heavy atom. The Bertz CT molecular complexity index is 541. The van der Waals surface area contributed by atoms with Crippen molar-refractivity contribution >= 4 is 0 Å².